The number of anilines is 2. The van der Waals surface area contributed by atoms with Gasteiger partial charge in [-0.15, -0.1) is 5.10 Å². The second-order valence-electron chi connectivity index (χ2n) is 4.19. The molecule has 2 heterocycles. The maximum atomic E-state index is 12.2. The summed E-state index contributed by atoms with van der Waals surface area (Å²) in [5.74, 6) is 0.396. The van der Waals surface area contributed by atoms with E-state index in [1.807, 2.05) is 20.8 Å². The van der Waals surface area contributed by atoms with Gasteiger partial charge in [-0.1, -0.05) is 0 Å². The summed E-state index contributed by atoms with van der Waals surface area (Å²) in [7, 11) is 0. The molecule has 2 rings (SSSR count). The molecule has 20 heavy (non-hydrogen) atoms. The number of aryl methyl sites for hydroxylation is 2. The lowest BCUT2D eigenvalue weighted by atomic mass is 10.2. The van der Waals surface area contributed by atoms with Crippen LogP contribution in [0.25, 0.3) is 0 Å². The SMILES string of the molecule is CCNc1ncccc1C(=O)Nc1nnc(C)c(C)n1. The fourth-order valence-corrected chi connectivity index (χ4v) is 1.58. The summed E-state index contributed by atoms with van der Waals surface area (Å²) in [5.41, 5.74) is 1.90. The molecule has 0 aliphatic carbocycles. The molecule has 0 unspecified atom stereocenters. The van der Waals surface area contributed by atoms with Gasteiger partial charge in [0.2, 0.25) is 5.95 Å². The predicted octanol–water partition coefficient (Wildman–Crippen LogP) is 1.57. The smallest absolute Gasteiger partial charge is 0.261 e. The topological polar surface area (TPSA) is 92.7 Å². The number of nitrogens with zero attached hydrogens (tertiary/aromatic N) is 4. The number of carbonyl (C=O) groups is 1. The van der Waals surface area contributed by atoms with E-state index < -0.39 is 0 Å². The Morgan fingerprint density at radius 3 is 2.75 bits per heavy atom. The fraction of sp³-hybridized carbons (Fsp3) is 0.308. The molecule has 1 amide bonds. The van der Waals surface area contributed by atoms with Crippen LogP contribution in [0.3, 0.4) is 0 Å². The van der Waals surface area contributed by atoms with Gasteiger partial charge in [0, 0.05) is 12.7 Å². The molecule has 0 saturated carbocycles. The van der Waals surface area contributed by atoms with E-state index in [9.17, 15) is 4.79 Å². The van der Waals surface area contributed by atoms with Gasteiger partial charge in [0.1, 0.15) is 5.82 Å². The van der Waals surface area contributed by atoms with Crippen molar-refractivity contribution in [1.29, 1.82) is 0 Å². The zero-order valence-corrected chi connectivity index (χ0v) is 11.6. The number of rotatable bonds is 4. The lowest BCUT2D eigenvalue weighted by Crippen LogP contribution is -2.18. The second-order valence-corrected chi connectivity index (χ2v) is 4.19. The van der Waals surface area contributed by atoms with Crippen molar-refractivity contribution in [2.24, 2.45) is 0 Å². The number of amides is 1. The van der Waals surface area contributed by atoms with Crippen molar-refractivity contribution >= 4 is 17.7 Å². The van der Waals surface area contributed by atoms with Crippen LogP contribution in [0.1, 0.15) is 28.7 Å². The van der Waals surface area contributed by atoms with Crippen molar-refractivity contribution in [3.63, 3.8) is 0 Å². The Hall–Kier alpha value is -2.57. The molecule has 0 aliphatic heterocycles. The number of aromatic nitrogens is 4. The molecule has 2 aromatic rings. The Labute approximate surface area is 116 Å². The lowest BCUT2D eigenvalue weighted by molar-refractivity contribution is 0.102. The number of pyridine rings is 1. The summed E-state index contributed by atoms with van der Waals surface area (Å²) in [6.07, 6.45) is 1.63. The minimum Gasteiger partial charge on any atom is -0.370 e. The van der Waals surface area contributed by atoms with E-state index in [1.165, 1.54) is 0 Å². The third-order valence-electron chi connectivity index (χ3n) is 2.71. The average Bonchev–Trinajstić information content (AvgIpc) is 2.44. The number of carbonyl (C=O) groups excluding carboxylic acids is 1. The fourth-order valence-electron chi connectivity index (χ4n) is 1.58. The summed E-state index contributed by atoms with van der Waals surface area (Å²) < 4.78 is 0. The van der Waals surface area contributed by atoms with E-state index in [0.717, 1.165) is 11.4 Å². The van der Waals surface area contributed by atoms with Crippen LogP contribution in [0.4, 0.5) is 11.8 Å². The van der Waals surface area contributed by atoms with Crippen molar-refractivity contribution in [2.75, 3.05) is 17.2 Å². The van der Waals surface area contributed by atoms with Gasteiger partial charge < -0.3 is 5.32 Å². The van der Waals surface area contributed by atoms with E-state index in [4.69, 9.17) is 0 Å². The molecule has 0 atom stereocenters. The molecule has 0 fully saturated rings. The molecule has 2 N–H and O–H groups in total. The highest BCUT2D eigenvalue weighted by molar-refractivity contribution is 6.06. The summed E-state index contributed by atoms with van der Waals surface area (Å²) >= 11 is 0. The Bertz CT molecular complexity index is 628. The Kier molecular flexibility index (Phi) is 4.19. The van der Waals surface area contributed by atoms with E-state index in [-0.39, 0.29) is 11.9 Å². The Morgan fingerprint density at radius 2 is 2.05 bits per heavy atom. The molecule has 7 heteroatoms. The first-order chi connectivity index (χ1) is 9.61. The largest absolute Gasteiger partial charge is 0.370 e. The molecular weight excluding hydrogens is 256 g/mol. The monoisotopic (exact) mass is 272 g/mol. The van der Waals surface area contributed by atoms with E-state index in [1.54, 1.807) is 18.3 Å². The average molecular weight is 272 g/mol. The summed E-state index contributed by atoms with van der Waals surface area (Å²) in [4.78, 5) is 20.5. The molecule has 0 saturated heterocycles. The molecule has 0 bridgehead atoms. The summed E-state index contributed by atoms with van der Waals surface area (Å²) in [6.45, 7) is 6.24. The van der Waals surface area contributed by atoms with Gasteiger partial charge in [0.05, 0.1) is 17.0 Å². The van der Waals surface area contributed by atoms with Crippen LogP contribution in [0.2, 0.25) is 0 Å². The molecule has 7 nitrogen and oxygen atoms in total. The highest BCUT2D eigenvalue weighted by Gasteiger charge is 2.13. The molecule has 0 radical (unpaired) electrons. The van der Waals surface area contributed by atoms with Crippen LogP contribution in [0.5, 0.6) is 0 Å². The quantitative estimate of drug-likeness (QED) is 0.877. The van der Waals surface area contributed by atoms with Crippen molar-refractivity contribution in [2.45, 2.75) is 20.8 Å². The van der Waals surface area contributed by atoms with Gasteiger partial charge in [-0.25, -0.2) is 9.97 Å². The minimum absolute atomic E-state index is 0.185. The van der Waals surface area contributed by atoms with Crippen molar-refractivity contribution in [1.82, 2.24) is 20.2 Å². The second kappa shape index (κ2) is 6.05. The van der Waals surface area contributed by atoms with E-state index >= 15 is 0 Å². The van der Waals surface area contributed by atoms with Crippen molar-refractivity contribution < 1.29 is 4.79 Å². The molecule has 0 spiro atoms. The zero-order chi connectivity index (χ0) is 14.5. The van der Waals surface area contributed by atoms with Crippen LogP contribution in [0.15, 0.2) is 18.3 Å². The van der Waals surface area contributed by atoms with Crippen LogP contribution in [-0.4, -0.2) is 32.6 Å². The lowest BCUT2D eigenvalue weighted by Gasteiger charge is -2.09. The van der Waals surface area contributed by atoms with Crippen molar-refractivity contribution in [3.8, 4) is 0 Å². The zero-order valence-electron chi connectivity index (χ0n) is 11.6. The highest BCUT2D eigenvalue weighted by Crippen LogP contribution is 2.13. The van der Waals surface area contributed by atoms with Gasteiger partial charge in [-0.05, 0) is 32.9 Å². The molecule has 2 aromatic heterocycles. The minimum atomic E-state index is -0.320. The van der Waals surface area contributed by atoms with Gasteiger partial charge in [0.25, 0.3) is 5.91 Å². The summed E-state index contributed by atoms with van der Waals surface area (Å²) in [6, 6.07) is 3.39. The highest BCUT2D eigenvalue weighted by atomic mass is 16.1. The molecular formula is C13H16N6O. The molecule has 0 aromatic carbocycles. The van der Waals surface area contributed by atoms with Gasteiger partial charge in [0.15, 0.2) is 0 Å². The number of hydrogen-bond donors (Lipinski definition) is 2. The standard InChI is InChI=1S/C13H16N6O/c1-4-14-11-10(6-5-7-15-11)12(20)17-13-16-8(2)9(3)18-19-13/h5-7H,4H2,1-3H3,(H,14,15)(H,16,17,19,20). The first-order valence-corrected chi connectivity index (χ1v) is 6.30. The van der Waals surface area contributed by atoms with Gasteiger partial charge in [-0.2, -0.15) is 5.10 Å². The maximum Gasteiger partial charge on any atom is 0.261 e. The van der Waals surface area contributed by atoms with Crippen LogP contribution in [0, 0.1) is 13.8 Å². The third-order valence-corrected chi connectivity index (χ3v) is 2.71. The Morgan fingerprint density at radius 1 is 1.25 bits per heavy atom. The van der Waals surface area contributed by atoms with Gasteiger partial charge in [-0.3, -0.25) is 10.1 Å². The third kappa shape index (κ3) is 3.05. The first kappa shape index (κ1) is 13.9. The predicted molar refractivity (Wildman–Crippen MR) is 75.7 cm³/mol. The molecule has 0 aliphatic rings. The van der Waals surface area contributed by atoms with Gasteiger partial charge >= 0.3 is 0 Å². The van der Waals surface area contributed by atoms with E-state index in [2.05, 4.69) is 30.8 Å². The van der Waals surface area contributed by atoms with Crippen LogP contribution < -0.4 is 10.6 Å². The number of hydrogen-bond acceptors (Lipinski definition) is 6. The van der Waals surface area contributed by atoms with E-state index in [0.29, 0.717) is 17.9 Å². The maximum absolute atomic E-state index is 12.2. The first-order valence-electron chi connectivity index (χ1n) is 6.30. The van der Waals surface area contributed by atoms with Crippen molar-refractivity contribution in [3.05, 3.63) is 35.3 Å². The number of nitrogens with one attached hydrogen (secondary N) is 2. The Balaban J connectivity index is 2.21. The van der Waals surface area contributed by atoms with Crippen LogP contribution >= 0.6 is 0 Å². The normalized spacial score (nSPS) is 10.2. The van der Waals surface area contributed by atoms with Crippen LogP contribution in [-0.2, 0) is 0 Å². The molecule has 104 valence electrons. The summed E-state index contributed by atoms with van der Waals surface area (Å²) in [5, 5.41) is 13.4.